The second-order valence-corrected chi connectivity index (χ2v) is 6.14. The fourth-order valence-electron chi connectivity index (χ4n) is 3.45. The summed E-state index contributed by atoms with van der Waals surface area (Å²) in [6.45, 7) is 1.65. The van der Waals surface area contributed by atoms with Gasteiger partial charge in [0.25, 0.3) is 0 Å². The van der Waals surface area contributed by atoms with Gasteiger partial charge in [-0.1, -0.05) is 54.6 Å². The van der Waals surface area contributed by atoms with Crippen LogP contribution in [0.4, 0.5) is 0 Å². The van der Waals surface area contributed by atoms with E-state index in [9.17, 15) is 4.79 Å². The molecule has 0 unspecified atom stereocenters. The molecule has 106 valence electrons. The third-order valence-electron chi connectivity index (χ3n) is 4.78. The molecule has 2 aromatic rings. The molecular weight excluding hydrogens is 258 g/mol. The van der Waals surface area contributed by atoms with E-state index < -0.39 is 0 Å². The first kappa shape index (κ1) is 12.6. The number of hydrogen-bond acceptors (Lipinski definition) is 1. The minimum Gasteiger partial charge on any atom is -0.338 e. The molecule has 2 aliphatic rings. The molecule has 4 rings (SSSR count). The second kappa shape index (κ2) is 5.03. The van der Waals surface area contributed by atoms with E-state index in [1.165, 1.54) is 16.7 Å². The summed E-state index contributed by atoms with van der Waals surface area (Å²) in [5.41, 5.74) is 4.03. The van der Waals surface area contributed by atoms with Crippen molar-refractivity contribution >= 4 is 5.91 Å². The van der Waals surface area contributed by atoms with Crippen molar-refractivity contribution in [2.45, 2.75) is 25.3 Å². The molecule has 0 aromatic heterocycles. The largest absolute Gasteiger partial charge is 0.338 e. The summed E-state index contributed by atoms with van der Waals surface area (Å²) in [5.74, 6) is 0.992. The molecule has 0 radical (unpaired) electrons. The zero-order valence-electron chi connectivity index (χ0n) is 12.0. The van der Waals surface area contributed by atoms with Crippen molar-refractivity contribution in [1.82, 2.24) is 4.90 Å². The molecule has 0 spiro atoms. The van der Waals surface area contributed by atoms with Gasteiger partial charge >= 0.3 is 0 Å². The highest BCUT2D eigenvalue weighted by Crippen LogP contribution is 2.48. The van der Waals surface area contributed by atoms with Crippen LogP contribution in [0, 0.1) is 5.92 Å². The van der Waals surface area contributed by atoms with Gasteiger partial charge in [-0.05, 0) is 35.4 Å². The highest BCUT2D eigenvalue weighted by Gasteiger charge is 2.45. The zero-order chi connectivity index (χ0) is 14.2. The van der Waals surface area contributed by atoms with Gasteiger partial charge in [-0.3, -0.25) is 4.79 Å². The fraction of sp³-hybridized carbons (Fsp3) is 0.316. The predicted molar refractivity (Wildman–Crippen MR) is 82.9 cm³/mol. The van der Waals surface area contributed by atoms with Crippen LogP contribution in [0.15, 0.2) is 54.6 Å². The van der Waals surface area contributed by atoms with Crippen molar-refractivity contribution < 1.29 is 4.79 Å². The lowest BCUT2D eigenvalue weighted by Crippen LogP contribution is -2.37. The van der Waals surface area contributed by atoms with Crippen molar-refractivity contribution in [2.24, 2.45) is 5.92 Å². The van der Waals surface area contributed by atoms with E-state index in [0.29, 0.717) is 11.8 Å². The van der Waals surface area contributed by atoms with Gasteiger partial charge in [-0.25, -0.2) is 0 Å². The SMILES string of the molecule is O=C([C@@H]1C[C@@H]1c1ccccc1)N1CCc2ccccc2C1. The van der Waals surface area contributed by atoms with Gasteiger partial charge in [0.15, 0.2) is 0 Å². The van der Waals surface area contributed by atoms with E-state index in [-0.39, 0.29) is 5.92 Å². The summed E-state index contributed by atoms with van der Waals surface area (Å²) in [6, 6.07) is 18.9. The van der Waals surface area contributed by atoms with Crippen LogP contribution in [0.5, 0.6) is 0 Å². The van der Waals surface area contributed by atoms with Gasteiger partial charge in [0.1, 0.15) is 0 Å². The van der Waals surface area contributed by atoms with Gasteiger partial charge in [-0.2, -0.15) is 0 Å². The Labute approximate surface area is 125 Å². The Kier molecular flexibility index (Phi) is 3.03. The van der Waals surface area contributed by atoms with E-state index in [1.807, 2.05) is 6.07 Å². The first-order chi connectivity index (χ1) is 10.3. The highest BCUT2D eigenvalue weighted by atomic mass is 16.2. The van der Waals surface area contributed by atoms with Crippen LogP contribution < -0.4 is 0 Å². The minimum absolute atomic E-state index is 0.206. The Morgan fingerprint density at radius 3 is 2.48 bits per heavy atom. The molecule has 0 bridgehead atoms. The summed E-state index contributed by atoms with van der Waals surface area (Å²) in [5, 5.41) is 0. The molecule has 0 N–H and O–H groups in total. The number of amides is 1. The summed E-state index contributed by atoms with van der Waals surface area (Å²) in [6.07, 6.45) is 2.01. The average Bonchev–Trinajstić information content (AvgIpc) is 3.35. The first-order valence-electron chi connectivity index (χ1n) is 7.73. The van der Waals surface area contributed by atoms with Crippen LogP contribution >= 0.6 is 0 Å². The molecule has 2 aromatic carbocycles. The Bertz CT molecular complexity index is 664. The number of rotatable bonds is 2. The summed E-state index contributed by atoms with van der Waals surface area (Å²) < 4.78 is 0. The van der Waals surface area contributed by atoms with E-state index in [2.05, 4.69) is 53.4 Å². The number of nitrogens with zero attached hydrogens (tertiary/aromatic N) is 1. The maximum Gasteiger partial charge on any atom is 0.226 e. The number of carbonyl (C=O) groups is 1. The van der Waals surface area contributed by atoms with Gasteiger partial charge in [0.2, 0.25) is 5.91 Å². The molecule has 1 aliphatic heterocycles. The first-order valence-corrected chi connectivity index (χ1v) is 7.73. The Hall–Kier alpha value is -2.09. The van der Waals surface area contributed by atoms with Crippen LogP contribution in [0.1, 0.15) is 29.0 Å². The molecule has 1 heterocycles. The standard InChI is InChI=1S/C19H19NO/c21-19(18-12-17(18)15-7-2-1-3-8-15)20-11-10-14-6-4-5-9-16(14)13-20/h1-9,17-18H,10-13H2/t17-,18-/m1/s1. The van der Waals surface area contributed by atoms with Crippen LogP contribution in [0.3, 0.4) is 0 Å². The van der Waals surface area contributed by atoms with E-state index in [0.717, 1.165) is 25.9 Å². The fourth-order valence-corrected chi connectivity index (χ4v) is 3.45. The maximum absolute atomic E-state index is 12.7. The van der Waals surface area contributed by atoms with Crippen molar-refractivity contribution in [3.63, 3.8) is 0 Å². The monoisotopic (exact) mass is 277 g/mol. The summed E-state index contributed by atoms with van der Waals surface area (Å²) in [4.78, 5) is 14.7. The normalized spacial score (nSPS) is 23.5. The number of carbonyl (C=O) groups excluding carboxylic acids is 1. The number of hydrogen-bond donors (Lipinski definition) is 0. The molecule has 2 nitrogen and oxygen atoms in total. The molecular formula is C19H19NO. The average molecular weight is 277 g/mol. The van der Waals surface area contributed by atoms with Crippen LogP contribution in [-0.4, -0.2) is 17.4 Å². The third-order valence-corrected chi connectivity index (χ3v) is 4.78. The number of fused-ring (bicyclic) bond motifs is 1. The smallest absolute Gasteiger partial charge is 0.226 e. The summed E-state index contributed by atoms with van der Waals surface area (Å²) >= 11 is 0. The summed E-state index contributed by atoms with van der Waals surface area (Å²) in [7, 11) is 0. The lowest BCUT2D eigenvalue weighted by Gasteiger charge is -2.29. The van der Waals surface area contributed by atoms with Gasteiger partial charge in [0.05, 0.1) is 0 Å². The predicted octanol–water partition coefficient (Wildman–Crippen LogP) is 3.38. The molecule has 2 atom stereocenters. The molecule has 2 heteroatoms. The van der Waals surface area contributed by atoms with E-state index >= 15 is 0 Å². The number of benzene rings is 2. The zero-order valence-corrected chi connectivity index (χ0v) is 12.0. The van der Waals surface area contributed by atoms with Gasteiger partial charge in [0, 0.05) is 19.0 Å². The van der Waals surface area contributed by atoms with Crippen molar-refractivity contribution in [3.8, 4) is 0 Å². The molecule has 0 saturated heterocycles. The molecule has 1 fully saturated rings. The lowest BCUT2D eigenvalue weighted by molar-refractivity contribution is -0.133. The van der Waals surface area contributed by atoms with Gasteiger partial charge < -0.3 is 4.90 Å². The van der Waals surface area contributed by atoms with Crippen LogP contribution in [0.2, 0.25) is 0 Å². The van der Waals surface area contributed by atoms with Crippen molar-refractivity contribution in [2.75, 3.05) is 6.54 Å². The molecule has 1 saturated carbocycles. The minimum atomic E-state index is 0.206. The van der Waals surface area contributed by atoms with E-state index in [1.54, 1.807) is 0 Å². The maximum atomic E-state index is 12.7. The Morgan fingerprint density at radius 1 is 0.952 bits per heavy atom. The molecule has 1 aliphatic carbocycles. The lowest BCUT2D eigenvalue weighted by atomic mass is 9.99. The third kappa shape index (κ3) is 2.35. The second-order valence-electron chi connectivity index (χ2n) is 6.14. The van der Waals surface area contributed by atoms with Crippen LogP contribution in [0.25, 0.3) is 0 Å². The quantitative estimate of drug-likeness (QED) is 0.824. The Balaban J connectivity index is 1.46. The van der Waals surface area contributed by atoms with E-state index in [4.69, 9.17) is 0 Å². The topological polar surface area (TPSA) is 20.3 Å². The highest BCUT2D eigenvalue weighted by molar-refractivity contribution is 5.83. The van der Waals surface area contributed by atoms with Gasteiger partial charge in [-0.15, -0.1) is 0 Å². The Morgan fingerprint density at radius 2 is 1.67 bits per heavy atom. The van der Waals surface area contributed by atoms with Crippen molar-refractivity contribution in [3.05, 3.63) is 71.3 Å². The van der Waals surface area contributed by atoms with Crippen LogP contribution in [-0.2, 0) is 17.8 Å². The molecule has 1 amide bonds. The molecule has 21 heavy (non-hydrogen) atoms. The van der Waals surface area contributed by atoms with Crippen molar-refractivity contribution in [1.29, 1.82) is 0 Å².